The van der Waals surface area contributed by atoms with Gasteiger partial charge in [-0.2, -0.15) is 0 Å². The van der Waals surface area contributed by atoms with Gasteiger partial charge in [0.2, 0.25) is 0 Å². The van der Waals surface area contributed by atoms with Crippen LogP contribution in [0.25, 0.3) is 0 Å². The topological polar surface area (TPSA) is 23.5 Å². The van der Waals surface area contributed by atoms with Gasteiger partial charge in [-0.05, 0) is 49.3 Å². The van der Waals surface area contributed by atoms with E-state index in [1.807, 2.05) is 6.07 Å². The standard InChI is InChI=1S/C23H29NO/c1-2-24(17-18-9-5-3-6-10-18)22-15-19-13-14-21(22)23(25,16-19)20-11-7-4-8-12-20/h3-12,19,21-22,25H,2,13-17H2,1H3/t19-,21+,22-,23-/m0/s1. The van der Waals surface area contributed by atoms with E-state index in [0.29, 0.717) is 17.9 Å². The van der Waals surface area contributed by atoms with Crippen molar-refractivity contribution in [1.29, 1.82) is 0 Å². The van der Waals surface area contributed by atoms with Crippen molar-refractivity contribution in [3.63, 3.8) is 0 Å². The van der Waals surface area contributed by atoms with Gasteiger partial charge in [0.1, 0.15) is 0 Å². The lowest BCUT2D eigenvalue weighted by molar-refractivity contribution is -0.142. The maximum absolute atomic E-state index is 11.7. The average molecular weight is 335 g/mol. The molecule has 2 nitrogen and oxygen atoms in total. The van der Waals surface area contributed by atoms with Crippen molar-refractivity contribution in [3.8, 4) is 0 Å². The van der Waals surface area contributed by atoms with Crippen molar-refractivity contribution in [2.24, 2.45) is 11.8 Å². The van der Waals surface area contributed by atoms with Gasteiger partial charge in [0.25, 0.3) is 0 Å². The first-order valence-electron chi connectivity index (χ1n) is 9.76. The summed E-state index contributed by atoms with van der Waals surface area (Å²) in [5.74, 6) is 0.980. The molecule has 2 aromatic carbocycles. The Morgan fingerprint density at radius 3 is 2.32 bits per heavy atom. The normalized spacial score (nSPS) is 31.4. The summed E-state index contributed by atoms with van der Waals surface area (Å²) in [7, 11) is 0. The van der Waals surface area contributed by atoms with Crippen molar-refractivity contribution in [2.45, 2.75) is 50.8 Å². The molecule has 4 atom stereocenters. The molecule has 5 rings (SSSR count). The average Bonchev–Trinajstić information content (AvgIpc) is 2.68. The van der Waals surface area contributed by atoms with E-state index in [1.54, 1.807) is 0 Å². The largest absolute Gasteiger partial charge is 0.385 e. The van der Waals surface area contributed by atoms with E-state index < -0.39 is 5.60 Å². The molecule has 3 aliphatic rings. The number of hydrogen-bond donors (Lipinski definition) is 1. The minimum absolute atomic E-state index is 0.337. The van der Waals surface area contributed by atoms with E-state index in [-0.39, 0.29) is 0 Å². The first-order valence-corrected chi connectivity index (χ1v) is 9.76. The van der Waals surface area contributed by atoms with Crippen LogP contribution in [0, 0.1) is 11.8 Å². The van der Waals surface area contributed by atoms with Crippen LogP contribution in [0.2, 0.25) is 0 Å². The van der Waals surface area contributed by atoms with Gasteiger partial charge >= 0.3 is 0 Å². The summed E-state index contributed by atoms with van der Waals surface area (Å²) in [5.41, 5.74) is 1.83. The van der Waals surface area contributed by atoms with E-state index in [2.05, 4.69) is 66.4 Å². The van der Waals surface area contributed by atoms with Gasteiger partial charge in [-0.25, -0.2) is 0 Å². The van der Waals surface area contributed by atoms with Gasteiger partial charge in [-0.3, -0.25) is 4.90 Å². The molecular weight excluding hydrogens is 306 g/mol. The van der Waals surface area contributed by atoms with Crippen LogP contribution in [-0.4, -0.2) is 22.6 Å². The maximum atomic E-state index is 11.7. The van der Waals surface area contributed by atoms with Crippen LogP contribution in [0.5, 0.6) is 0 Å². The summed E-state index contributed by atoms with van der Waals surface area (Å²) in [6.07, 6.45) is 4.59. The number of nitrogens with zero attached hydrogens (tertiary/aromatic N) is 1. The lowest BCUT2D eigenvalue weighted by atomic mass is 9.57. The van der Waals surface area contributed by atoms with Crippen molar-refractivity contribution < 1.29 is 5.11 Å². The molecule has 0 spiro atoms. The number of aliphatic hydroxyl groups is 1. The first kappa shape index (κ1) is 16.8. The Morgan fingerprint density at radius 1 is 1.00 bits per heavy atom. The first-order chi connectivity index (χ1) is 12.2. The van der Waals surface area contributed by atoms with Crippen LogP contribution in [0.3, 0.4) is 0 Å². The molecule has 0 aliphatic heterocycles. The third kappa shape index (κ3) is 3.14. The summed E-state index contributed by atoms with van der Waals surface area (Å²) in [6.45, 7) is 4.27. The predicted octanol–water partition coefficient (Wildman–Crippen LogP) is 4.58. The van der Waals surface area contributed by atoms with Gasteiger partial charge in [-0.15, -0.1) is 0 Å². The zero-order chi connectivity index (χ0) is 17.3. The van der Waals surface area contributed by atoms with Crippen LogP contribution >= 0.6 is 0 Å². The lowest BCUT2D eigenvalue weighted by Crippen LogP contribution is -2.57. The third-order valence-corrected chi connectivity index (χ3v) is 6.52. The number of hydrogen-bond acceptors (Lipinski definition) is 2. The summed E-state index contributed by atoms with van der Waals surface area (Å²) < 4.78 is 0. The van der Waals surface area contributed by atoms with E-state index in [9.17, 15) is 5.11 Å². The minimum atomic E-state index is -0.656. The van der Waals surface area contributed by atoms with E-state index >= 15 is 0 Å². The highest BCUT2D eigenvalue weighted by Gasteiger charge is 2.53. The molecule has 3 aliphatic carbocycles. The Kier molecular flexibility index (Phi) is 4.66. The van der Waals surface area contributed by atoms with Crippen molar-refractivity contribution >= 4 is 0 Å². The van der Waals surface area contributed by atoms with E-state index in [1.165, 1.54) is 18.4 Å². The van der Waals surface area contributed by atoms with Gasteiger partial charge in [0.15, 0.2) is 0 Å². The van der Waals surface area contributed by atoms with Gasteiger partial charge in [0, 0.05) is 18.5 Å². The molecular formula is C23H29NO. The van der Waals surface area contributed by atoms with Crippen molar-refractivity contribution in [1.82, 2.24) is 4.90 Å². The number of fused-ring (bicyclic) bond motifs is 3. The number of rotatable bonds is 5. The molecule has 0 heterocycles. The van der Waals surface area contributed by atoms with Crippen LogP contribution < -0.4 is 0 Å². The second-order valence-electron chi connectivity index (χ2n) is 7.90. The smallest absolute Gasteiger partial charge is 0.0942 e. The molecule has 2 bridgehead atoms. The van der Waals surface area contributed by atoms with Crippen LogP contribution in [-0.2, 0) is 12.1 Å². The zero-order valence-corrected chi connectivity index (χ0v) is 15.1. The molecule has 0 amide bonds. The Morgan fingerprint density at radius 2 is 1.68 bits per heavy atom. The molecule has 0 unspecified atom stereocenters. The second kappa shape index (κ2) is 6.93. The second-order valence-corrected chi connectivity index (χ2v) is 7.90. The van der Waals surface area contributed by atoms with Crippen molar-refractivity contribution in [2.75, 3.05) is 6.54 Å². The predicted molar refractivity (Wildman–Crippen MR) is 102 cm³/mol. The van der Waals surface area contributed by atoms with Gasteiger partial charge < -0.3 is 5.11 Å². The molecule has 0 radical (unpaired) electrons. The summed E-state index contributed by atoms with van der Waals surface area (Å²) in [6, 6.07) is 21.6. The number of benzene rings is 2. The fourth-order valence-corrected chi connectivity index (χ4v) is 5.31. The Labute approximate surface area is 151 Å². The fraction of sp³-hybridized carbons (Fsp3) is 0.478. The minimum Gasteiger partial charge on any atom is -0.385 e. The molecule has 2 heteroatoms. The molecule has 1 N–H and O–H groups in total. The highest BCUT2D eigenvalue weighted by atomic mass is 16.3. The van der Waals surface area contributed by atoms with E-state index in [0.717, 1.165) is 31.5 Å². The molecule has 0 aromatic heterocycles. The van der Waals surface area contributed by atoms with Crippen LogP contribution in [0.4, 0.5) is 0 Å². The molecule has 25 heavy (non-hydrogen) atoms. The van der Waals surface area contributed by atoms with Crippen LogP contribution in [0.15, 0.2) is 60.7 Å². The summed E-state index contributed by atoms with van der Waals surface area (Å²) in [4.78, 5) is 2.60. The summed E-state index contributed by atoms with van der Waals surface area (Å²) >= 11 is 0. The maximum Gasteiger partial charge on any atom is 0.0942 e. The fourth-order valence-electron chi connectivity index (χ4n) is 5.31. The van der Waals surface area contributed by atoms with Crippen molar-refractivity contribution in [3.05, 3.63) is 71.8 Å². The quantitative estimate of drug-likeness (QED) is 0.864. The SMILES string of the molecule is CCN(Cc1ccccc1)[C@H]1C[C@@H]2CC[C@H]1[C@@](O)(c1ccccc1)C2. The van der Waals surface area contributed by atoms with Gasteiger partial charge in [0.05, 0.1) is 5.60 Å². The Balaban J connectivity index is 1.61. The summed E-state index contributed by atoms with van der Waals surface area (Å²) in [5, 5.41) is 11.7. The molecule has 132 valence electrons. The highest BCUT2D eigenvalue weighted by Crippen LogP contribution is 2.53. The zero-order valence-electron chi connectivity index (χ0n) is 15.1. The molecule has 0 saturated heterocycles. The van der Waals surface area contributed by atoms with Crippen LogP contribution in [0.1, 0.15) is 43.7 Å². The van der Waals surface area contributed by atoms with Gasteiger partial charge in [-0.1, -0.05) is 67.6 Å². The third-order valence-electron chi connectivity index (χ3n) is 6.52. The molecule has 3 fully saturated rings. The Bertz CT molecular complexity index is 686. The Hall–Kier alpha value is -1.64. The molecule has 3 saturated carbocycles. The van der Waals surface area contributed by atoms with E-state index in [4.69, 9.17) is 0 Å². The molecule has 2 aromatic rings. The lowest BCUT2D eigenvalue weighted by Gasteiger charge is -2.55. The monoisotopic (exact) mass is 335 g/mol. The highest BCUT2D eigenvalue weighted by molar-refractivity contribution is 5.26.